The SMILES string of the molecule is CC(C)CN(c1cc2nc[nH]c(=O)c2cc1N)C1CC1. The Morgan fingerprint density at radius 1 is 1.45 bits per heavy atom. The summed E-state index contributed by atoms with van der Waals surface area (Å²) in [6, 6.07) is 4.27. The zero-order valence-corrected chi connectivity index (χ0v) is 11.9. The lowest BCUT2D eigenvalue weighted by atomic mass is 10.1. The van der Waals surface area contributed by atoms with Crippen LogP contribution in [0.15, 0.2) is 23.3 Å². The molecule has 0 amide bonds. The number of nitrogens with two attached hydrogens (primary N) is 1. The number of benzene rings is 1. The predicted molar refractivity (Wildman–Crippen MR) is 82.0 cm³/mol. The molecule has 0 bridgehead atoms. The second-order valence-corrected chi connectivity index (χ2v) is 5.94. The van der Waals surface area contributed by atoms with Crippen LogP contribution in [0.5, 0.6) is 0 Å². The van der Waals surface area contributed by atoms with Crippen LogP contribution in [0, 0.1) is 5.92 Å². The number of anilines is 2. The van der Waals surface area contributed by atoms with Gasteiger partial charge in [-0.25, -0.2) is 4.98 Å². The summed E-state index contributed by atoms with van der Waals surface area (Å²) in [7, 11) is 0. The van der Waals surface area contributed by atoms with Crippen molar-refractivity contribution >= 4 is 22.3 Å². The molecule has 5 heteroatoms. The summed E-state index contributed by atoms with van der Waals surface area (Å²) in [6.07, 6.45) is 3.87. The van der Waals surface area contributed by atoms with Crippen molar-refractivity contribution in [2.75, 3.05) is 17.2 Å². The Bertz CT molecular complexity index is 688. The molecule has 1 aliphatic carbocycles. The van der Waals surface area contributed by atoms with Gasteiger partial charge >= 0.3 is 0 Å². The Morgan fingerprint density at radius 2 is 2.20 bits per heavy atom. The Hall–Kier alpha value is -2.04. The number of nitrogen functional groups attached to an aromatic ring is 1. The summed E-state index contributed by atoms with van der Waals surface area (Å²) in [5.41, 5.74) is 8.40. The van der Waals surface area contributed by atoms with E-state index in [1.807, 2.05) is 6.07 Å². The molecule has 0 spiro atoms. The van der Waals surface area contributed by atoms with E-state index in [-0.39, 0.29) is 5.56 Å². The highest BCUT2D eigenvalue weighted by atomic mass is 16.1. The molecule has 3 rings (SSSR count). The van der Waals surface area contributed by atoms with Gasteiger partial charge in [0.05, 0.1) is 28.6 Å². The number of aromatic nitrogens is 2. The molecule has 0 saturated heterocycles. The zero-order chi connectivity index (χ0) is 14.3. The fourth-order valence-corrected chi connectivity index (χ4v) is 2.59. The quantitative estimate of drug-likeness (QED) is 0.836. The second-order valence-electron chi connectivity index (χ2n) is 5.94. The van der Waals surface area contributed by atoms with Gasteiger partial charge in [-0.3, -0.25) is 4.79 Å². The van der Waals surface area contributed by atoms with Crippen molar-refractivity contribution in [2.24, 2.45) is 5.92 Å². The van der Waals surface area contributed by atoms with Crippen molar-refractivity contribution in [2.45, 2.75) is 32.7 Å². The Balaban J connectivity index is 2.10. The highest BCUT2D eigenvalue weighted by Crippen LogP contribution is 2.36. The van der Waals surface area contributed by atoms with Crippen LogP contribution in [-0.2, 0) is 0 Å². The molecule has 0 aliphatic heterocycles. The third kappa shape index (κ3) is 2.35. The summed E-state index contributed by atoms with van der Waals surface area (Å²) in [5, 5.41) is 0.550. The Labute approximate surface area is 117 Å². The van der Waals surface area contributed by atoms with Crippen molar-refractivity contribution in [1.29, 1.82) is 0 Å². The zero-order valence-electron chi connectivity index (χ0n) is 11.9. The average Bonchev–Trinajstić information content (AvgIpc) is 3.21. The minimum absolute atomic E-state index is 0.143. The molecule has 1 aromatic heterocycles. The van der Waals surface area contributed by atoms with Gasteiger partial charge in [0.25, 0.3) is 5.56 Å². The predicted octanol–water partition coefficient (Wildman–Crippen LogP) is 2.13. The molecule has 1 aromatic carbocycles. The van der Waals surface area contributed by atoms with E-state index < -0.39 is 0 Å². The van der Waals surface area contributed by atoms with Crippen molar-refractivity contribution < 1.29 is 0 Å². The minimum atomic E-state index is -0.143. The largest absolute Gasteiger partial charge is 0.397 e. The summed E-state index contributed by atoms with van der Waals surface area (Å²) in [4.78, 5) is 21.0. The van der Waals surface area contributed by atoms with Crippen molar-refractivity contribution in [3.63, 3.8) is 0 Å². The highest BCUT2D eigenvalue weighted by molar-refractivity contribution is 5.88. The molecule has 1 heterocycles. The third-order valence-corrected chi connectivity index (χ3v) is 3.65. The number of rotatable bonds is 4. The monoisotopic (exact) mass is 272 g/mol. The maximum absolute atomic E-state index is 11.8. The van der Waals surface area contributed by atoms with E-state index in [1.54, 1.807) is 6.07 Å². The molecule has 1 saturated carbocycles. The number of hydrogen-bond donors (Lipinski definition) is 2. The molecular formula is C15H20N4O. The Kier molecular flexibility index (Phi) is 3.12. The van der Waals surface area contributed by atoms with Crippen LogP contribution in [0.25, 0.3) is 10.9 Å². The summed E-state index contributed by atoms with van der Waals surface area (Å²) in [5.74, 6) is 0.567. The normalized spacial score (nSPS) is 14.9. The van der Waals surface area contributed by atoms with E-state index in [9.17, 15) is 4.79 Å². The molecule has 0 atom stereocenters. The molecule has 5 nitrogen and oxygen atoms in total. The molecule has 2 aromatic rings. The van der Waals surface area contributed by atoms with Crippen LogP contribution < -0.4 is 16.2 Å². The molecule has 0 radical (unpaired) electrons. The van der Waals surface area contributed by atoms with Crippen LogP contribution in [0.3, 0.4) is 0 Å². The van der Waals surface area contributed by atoms with E-state index in [4.69, 9.17) is 5.73 Å². The molecule has 1 aliphatic rings. The molecule has 20 heavy (non-hydrogen) atoms. The van der Waals surface area contributed by atoms with Gasteiger partial charge < -0.3 is 15.6 Å². The topological polar surface area (TPSA) is 75.0 Å². The number of H-pyrrole nitrogens is 1. The molecule has 0 unspecified atom stereocenters. The van der Waals surface area contributed by atoms with Gasteiger partial charge in [0.2, 0.25) is 0 Å². The van der Waals surface area contributed by atoms with Gasteiger partial charge in [-0.2, -0.15) is 0 Å². The molecule has 3 N–H and O–H groups in total. The average molecular weight is 272 g/mol. The number of hydrogen-bond acceptors (Lipinski definition) is 4. The van der Waals surface area contributed by atoms with E-state index in [2.05, 4.69) is 28.7 Å². The number of aromatic amines is 1. The van der Waals surface area contributed by atoms with Crippen molar-refractivity contribution in [1.82, 2.24) is 9.97 Å². The summed E-state index contributed by atoms with van der Waals surface area (Å²) < 4.78 is 0. The van der Waals surface area contributed by atoms with Crippen LogP contribution >= 0.6 is 0 Å². The first-order chi connectivity index (χ1) is 9.56. The first kappa shape index (κ1) is 13.0. The number of fused-ring (bicyclic) bond motifs is 1. The standard InChI is InChI=1S/C15H20N4O/c1-9(2)7-19(10-3-4-10)14-6-13-11(5-12(14)16)15(20)18-8-17-13/h5-6,8-10H,3-4,7,16H2,1-2H3,(H,17,18,20). The van der Waals surface area contributed by atoms with Gasteiger partial charge in [0, 0.05) is 12.6 Å². The highest BCUT2D eigenvalue weighted by Gasteiger charge is 2.30. The second kappa shape index (κ2) is 4.81. The lowest BCUT2D eigenvalue weighted by molar-refractivity contribution is 0.608. The lowest BCUT2D eigenvalue weighted by Crippen LogP contribution is -2.30. The first-order valence-electron chi connectivity index (χ1n) is 7.10. The van der Waals surface area contributed by atoms with Gasteiger partial charge in [-0.15, -0.1) is 0 Å². The van der Waals surface area contributed by atoms with E-state index in [1.165, 1.54) is 19.2 Å². The van der Waals surface area contributed by atoms with Crippen molar-refractivity contribution in [3.05, 3.63) is 28.8 Å². The van der Waals surface area contributed by atoms with Crippen LogP contribution in [0.4, 0.5) is 11.4 Å². The van der Waals surface area contributed by atoms with E-state index >= 15 is 0 Å². The Morgan fingerprint density at radius 3 is 2.85 bits per heavy atom. The molecule has 1 fully saturated rings. The lowest BCUT2D eigenvalue weighted by Gasteiger charge is -2.28. The summed E-state index contributed by atoms with van der Waals surface area (Å²) in [6.45, 7) is 5.38. The smallest absolute Gasteiger partial charge is 0.258 e. The fourth-order valence-electron chi connectivity index (χ4n) is 2.59. The summed E-state index contributed by atoms with van der Waals surface area (Å²) >= 11 is 0. The van der Waals surface area contributed by atoms with E-state index in [0.717, 1.165) is 12.2 Å². The third-order valence-electron chi connectivity index (χ3n) is 3.65. The van der Waals surface area contributed by atoms with Gasteiger partial charge in [0.15, 0.2) is 0 Å². The minimum Gasteiger partial charge on any atom is -0.397 e. The van der Waals surface area contributed by atoms with Crippen LogP contribution in [-0.4, -0.2) is 22.6 Å². The van der Waals surface area contributed by atoms with Crippen molar-refractivity contribution in [3.8, 4) is 0 Å². The van der Waals surface area contributed by atoms with E-state index in [0.29, 0.717) is 28.6 Å². The number of nitrogens with zero attached hydrogens (tertiary/aromatic N) is 2. The number of nitrogens with one attached hydrogen (secondary N) is 1. The fraction of sp³-hybridized carbons (Fsp3) is 0.467. The first-order valence-corrected chi connectivity index (χ1v) is 7.10. The maximum Gasteiger partial charge on any atom is 0.258 e. The van der Waals surface area contributed by atoms with Gasteiger partial charge in [-0.05, 0) is 30.9 Å². The van der Waals surface area contributed by atoms with Gasteiger partial charge in [-0.1, -0.05) is 13.8 Å². The maximum atomic E-state index is 11.8. The van der Waals surface area contributed by atoms with Crippen LogP contribution in [0.2, 0.25) is 0 Å². The molecular weight excluding hydrogens is 252 g/mol. The van der Waals surface area contributed by atoms with Crippen LogP contribution in [0.1, 0.15) is 26.7 Å². The van der Waals surface area contributed by atoms with Gasteiger partial charge in [0.1, 0.15) is 0 Å². The molecule has 106 valence electrons.